The van der Waals surface area contributed by atoms with Gasteiger partial charge in [-0.05, 0) is 39.7 Å². The van der Waals surface area contributed by atoms with Gasteiger partial charge in [0.15, 0.2) is 0 Å². The Morgan fingerprint density at radius 1 is 1.37 bits per heavy atom. The van der Waals surface area contributed by atoms with E-state index in [1.54, 1.807) is 0 Å². The van der Waals surface area contributed by atoms with Crippen LogP contribution >= 0.6 is 27.9 Å². The van der Waals surface area contributed by atoms with E-state index in [9.17, 15) is 13.2 Å². The topological polar surface area (TPSA) is 106 Å². The number of halogens is 1. The van der Waals surface area contributed by atoms with Crippen molar-refractivity contribution in [2.75, 3.05) is 24.7 Å². The van der Waals surface area contributed by atoms with Crippen LogP contribution in [0.3, 0.4) is 0 Å². The van der Waals surface area contributed by atoms with Crippen LogP contribution in [-0.2, 0) is 14.6 Å². The summed E-state index contributed by atoms with van der Waals surface area (Å²) in [6.45, 7) is 1.50. The number of hydrogen-bond donors (Lipinski definition) is 1. The summed E-state index contributed by atoms with van der Waals surface area (Å²) in [5, 5.41) is 8.20. The van der Waals surface area contributed by atoms with Gasteiger partial charge in [0.25, 0.3) is 5.91 Å². The van der Waals surface area contributed by atoms with E-state index < -0.39 is 15.7 Å². The number of sulfone groups is 1. The van der Waals surface area contributed by atoms with Crippen molar-refractivity contribution in [1.82, 2.24) is 4.90 Å². The number of aliphatic imine (C=N–C) groups is 1. The van der Waals surface area contributed by atoms with Crippen molar-refractivity contribution in [1.29, 1.82) is 5.41 Å². The monoisotopic (exact) mass is 469 g/mol. The van der Waals surface area contributed by atoms with Gasteiger partial charge in [0, 0.05) is 18.6 Å². The third kappa shape index (κ3) is 3.58. The molecule has 1 aromatic rings. The number of hydrogen-bond acceptors (Lipinski definition) is 7. The molecule has 0 fully saturated rings. The third-order valence-electron chi connectivity index (χ3n) is 3.92. The highest BCUT2D eigenvalue weighted by molar-refractivity contribution is 9.10. The molecule has 3 rings (SSSR count). The normalized spacial score (nSPS) is 18.5. The first kappa shape index (κ1) is 19.8. The molecule has 8 nitrogen and oxygen atoms in total. The van der Waals surface area contributed by atoms with E-state index in [2.05, 4.69) is 25.3 Å². The molecule has 2 aliphatic rings. The number of carbonyl (C=O) groups excluding carboxylic acids is 1. The maximum atomic E-state index is 12.4. The van der Waals surface area contributed by atoms with E-state index in [0.717, 1.165) is 27.0 Å². The minimum absolute atomic E-state index is 0.00440. The van der Waals surface area contributed by atoms with Crippen molar-refractivity contribution < 1.29 is 13.2 Å². The van der Waals surface area contributed by atoms with Crippen molar-refractivity contribution in [2.45, 2.75) is 6.92 Å². The van der Waals surface area contributed by atoms with Crippen molar-refractivity contribution in [2.24, 2.45) is 9.39 Å². The summed E-state index contributed by atoms with van der Waals surface area (Å²) in [6, 6.07) is 5.50. The average Bonchev–Trinajstić information content (AvgIpc) is 3.03. The fraction of sp³-hybridized carbons (Fsp3) is 0.250. The minimum Gasteiger partial charge on any atom is -0.377 e. The number of nitrogens with zero attached hydrogens (tertiary/aromatic N) is 4. The molecule has 0 aromatic heterocycles. The predicted octanol–water partition coefficient (Wildman–Crippen LogP) is 2.53. The lowest BCUT2D eigenvalue weighted by molar-refractivity contribution is -0.114. The fourth-order valence-corrected chi connectivity index (χ4v) is 5.18. The third-order valence-corrected chi connectivity index (χ3v) is 6.96. The van der Waals surface area contributed by atoms with E-state index in [1.807, 2.05) is 37.2 Å². The Hall–Kier alpha value is -1.98. The Labute approximate surface area is 169 Å². The van der Waals surface area contributed by atoms with E-state index in [0.29, 0.717) is 5.56 Å². The molecule has 0 radical (unpaired) electrons. The first-order valence-corrected chi connectivity index (χ1v) is 11.1. The molecule has 0 aliphatic carbocycles. The van der Waals surface area contributed by atoms with Crippen LogP contribution in [0.15, 0.2) is 37.6 Å². The quantitative estimate of drug-likeness (QED) is 0.538. The molecule has 142 valence electrons. The van der Waals surface area contributed by atoms with Crippen LogP contribution < -0.4 is 4.90 Å². The van der Waals surface area contributed by atoms with E-state index in [1.165, 1.54) is 13.0 Å². The van der Waals surface area contributed by atoms with Crippen molar-refractivity contribution in [3.63, 3.8) is 0 Å². The molecule has 0 saturated carbocycles. The smallest absolute Gasteiger partial charge is 0.283 e. The van der Waals surface area contributed by atoms with Crippen LogP contribution in [0.1, 0.15) is 12.5 Å². The summed E-state index contributed by atoms with van der Waals surface area (Å²) < 4.78 is 29.2. The summed E-state index contributed by atoms with van der Waals surface area (Å²) in [5.41, 5.74) is 1.65. The number of nitrogens with one attached hydrogen (secondary N) is 1. The maximum Gasteiger partial charge on any atom is 0.283 e. The van der Waals surface area contributed by atoms with Gasteiger partial charge >= 0.3 is 0 Å². The lowest BCUT2D eigenvalue weighted by atomic mass is 10.1. The van der Waals surface area contributed by atoms with Crippen LogP contribution in [0.2, 0.25) is 0 Å². The predicted molar refractivity (Wildman–Crippen MR) is 113 cm³/mol. The summed E-state index contributed by atoms with van der Waals surface area (Å²) >= 11 is 4.27. The van der Waals surface area contributed by atoms with E-state index in [-0.39, 0.29) is 27.5 Å². The summed E-state index contributed by atoms with van der Waals surface area (Å²) in [5.74, 6) is -1.01. The number of anilines is 1. The van der Waals surface area contributed by atoms with Crippen LogP contribution in [0.5, 0.6) is 0 Å². The number of fused-ring (bicyclic) bond motifs is 1. The zero-order valence-corrected chi connectivity index (χ0v) is 17.9. The number of benzene rings is 1. The first-order valence-electron chi connectivity index (χ1n) is 7.84. The molecule has 1 N–H and O–H groups in total. The lowest BCUT2D eigenvalue weighted by Crippen LogP contribution is -2.45. The molecular formula is C16H16BrN5O3S2. The van der Waals surface area contributed by atoms with Crippen molar-refractivity contribution in [3.8, 4) is 0 Å². The summed E-state index contributed by atoms with van der Waals surface area (Å²) in [7, 11) is 0.168. The molecule has 0 spiro atoms. The number of amides is 1. The van der Waals surface area contributed by atoms with Crippen molar-refractivity contribution in [3.05, 3.63) is 33.8 Å². The van der Waals surface area contributed by atoms with Gasteiger partial charge in [-0.1, -0.05) is 13.0 Å². The van der Waals surface area contributed by atoms with Gasteiger partial charge in [-0.2, -0.15) is 9.39 Å². The second-order valence-corrected chi connectivity index (χ2v) is 9.67. The second kappa shape index (κ2) is 7.21. The van der Waals surface area contributed by atoms with Gasteiger partial charge in [0.1, 0.15) is 5.84 Å². The standard InChI is InChI=1S/C16H16BrN5O3S2/c1-4-27(24,25)16-20-26-15-19-14(23)10(13(18)22(15)16)7-9-5-6-12(21(2)3)11(17)8-9/h5-8,18H,4H2,1-3H3/b10-7-,18-13?. The largest absolute Gasteiger partial charge is 0.377 e. The molecule has 0 unspecified atom stereocenters. The van der Waals surface area contributed by atoms with Gasteiger partial charge in [-0.25, -0.2) is 13.3 Å². The first-order chi connectivity index (χ1) is 12.7. The average molecular weight is 470 g/mol. The highest BCUT2D eigenvalue weighted by Gasteiger charge is 2.42. The van der Waals surface area contributed by atoms with Crippen LogP contribution in [-0.4, -0.2) is 55.2 Å². The molecule has 0 saturated heterocycles. The van der Waals surface area contributed by atoms with Crippen LogP contribution in [0, 0.1) is 5.41 Å². The van der Waals surface area contributed by atoms with Gasteiger partial charge in [-0.15, -0.1) is 0 Å². The molecule has 0 atom stereocenters. The molecular weight excluding hydrogens is 454 g/mol. The van der Waals surface area contributed by atoms with Crippen LogP contribution in [0.25, 0.3) is 6.08 Å². The van der Waals surface area contributed by atoms with Gasteiger partial charge in [-0.3, -0.25) is 10.2 Å². The molecule has 2 heterocycles. The molecule has 27 heavy (non-hydrogen) atoms. The lowest BCUT2D eigenvalue weighted by Gasteiger charge is -2.24. The highest BCUT2D eigenvalue weighted by Crippen LogP contribution is 2.31. The Bertz CT molecular complexity index is 1040. The SMILES string of the molecule is CCS(=O)(=O)C1=NSC2=NC(=O)/C(=C\c3ccc(N(C)C)c(Br)c3)C(=N)N21. The summed E-state index contributed by atoms with van der Waals surface area (Å²) in [4.78, 5) is 19.3. The van der Waals surface area contributed by atoms with Crippen molar-refractivity contribution >= 4 is 71.6 Å². The fourth-order valence-electron chi connectivity index (χ4n) is 2.47. The Balaban J connectivity index is 2.02. The Kier molecular flexibility index (Phi) is 5.28. The molecule has 0 bridgehead atoms. The molecule has 1 aromatic carbocycles. The Morgan fingerprint density at radius 3 is 2.67 bits per heavy atom. The van der Waals surface area contributed by atoms with Gasteiger partial charge in [0.2, 0.25) is 20.2 Å². The molecule has 11 heteroatoms. The minimum atomic E-state index is -3.65. The van der Waals surface area contributed by atoms with Gasteiger partial charge < -0.3 is 4.90 Å². The zero-order chi connectivity index (χ0) is 19.9. The van der Waals surface area contributed by atoms with Gasteiger partial charge in [0.05, 0.1) is 29.0 Å². The molecule has 2 aliphatic heterocycles. The number of amidine groups is 3. The Morgan fingerprint density at radius 2 is 2.07 bits per heavy atom. The zero-order valence-electron chi connectivity index (χ0n) is 14.7. The number of rotatable bonds is 3. The molecule has 1 amide bonds. The number of carbonyl (C=O) groups is 1. The van der Waals surface area contributed by atoms with E-state index in [4.69, 9.17) is 5.41 Å². The van der Waals surface area contributed by atoms with E-state index >= 15 is 0 Å². The highest BCUT2D eigenvalue weighted by atomic mass is 79.9. The summed E-state index contributed by atoms with van der Waals surface area (Å²) in [6.07, 6.45) is 1.52. The van der Waals surface area contributed by atoms with Crippen LogP contribution in [0.4, 0.5) is 5.69 Å². The maximum absolute atomic E-state index is 12.4. The second-order valence-electron chi connectivity index (χ2n) is 5.92.